The molecule has 4 aromatic rings. The van der Waals surface area contributed by atoms with Crippen molar-refractivity contribution in [3.63, 3.8) is 0 Å². The number of anilines is 1. The van der Waals surface area contributed by atoms with Crippen molar-refractivity contribution < 1.29 is 14.3 Å². The van der Waals surface area contributed by atoms with Gasteiger partial charge in [0.15, 0.2) is 0 Å². The van der Waals surface area contributed by atoms with Crippen LogP contribution in [0.25, 0.3) is 11.0 Å². The molecule has 0 bridgehead atoms. The van der Waals surface area contributed by atoms with E-state index in [1.165, 1.54) is 0 Å². The zero-order valence-electron chi connectivity index (χ0n) is 19.5. The Hall–Kier alpha value is -3.73. The Morgan fingerprint density at radius 1 is 1.17 bits per heavy atom. The highest BCUT2D eigenvalue weighted by molar-refractivity contribution is 9.10. The van der Waals surface area contributed by atoms with Crippen molar-refractivity contribution in [2.24, 2.45) is 0 Å². The van der Waals surface area contributed by atoms with E-state index in [0.717, 1.165) is 16.8 Å². The van der Waals surface area contributed by atoms with Gasteiger partial charge in [-0.15, -0.1) is 0 Å². The third-order valence-corrected chi connectivity index (χ3v) is 5.74. The maximum atomic E-state index is 13.0. The first kappa shape index (κ1) is 24.4. The van der Waals surface area contributed by atoms with Gasteiger partial charge in [-0.3, -0.25) is 14.8 Å². The Bertz CT molecular complexity index is 1330. The van der Waals surface area contributed by atoms with Crippen LogP contribution >= 0.6 is 15.9 Å². The molecule has 0 aliphatic rings. The molecule has 35 heavy (non-hydrogen) atoms. The summed E-state index contributed by atoms with van der Waals surface area (Å²) in [5.74, 6) is 0.108. The number of alkyl carbamates (subject to hydrolysis) is 1. The van der Waals surface area contributed by atoms with E-state index in [9.17, 15) is 9.59 Å². The van der Waals surface area contributed by atoms with Gasteiger partial charge in [0, 0.05) is 19.6 Å². The summed E-state index contributed by atoms with van der Waals surface area (Å²) in [4.78, 5) is 33.9. The molecule has 3 heterocycles. The Labute approximate surface area is 210 Å². The summed E-state index contributed by atoms with van der Waals surface area (Å²) >= 11 is 3.37. The largest absolute Gasteiger partial charge is 0.445 e. The molecule has 11 heteroatoms. The molecule has 2 amide bonds. The molecule has 4 rings (SSSR count). The number of aromatic nitrogens is 5. The molecule has 0 radical (unpaired) electrons. The van der Waals surface area contributed by atoms with E-state index in [-0.39, 0.29) is 12.5 Å². The van der Waals surface area contributed by atoms with Crippen LogP contribution in [-0.4, -0.2) is 42.9 Å². The lowest BCUT2D eigenvalue weighted by Crippen LogP contribution is -2.26. The number of carbonyl (C=O) groups is 2. The molecule has 10 nitrogen and oxygen atoms in total. The number of fused-ring (bicyclic) bond motifs is 1. The Kier molecular flexibility index (Phi) is 7.76. The number of nitrogens with one attached hydrogen (secondary N) is 2. The predicted molar refractivity (Wildman–Crippen MR) is 135 cm³/mol. The van der Waals surface area contributed by atoms with Gasteiger partial charge in [-0.1, -0.05) is 30.3 Å². The first-order chi connectivity index (χ1) is 16.9. The molecule has 182 valence electrons. The number of imidazole rings is 1. The third-order valence-electron chi connectivity index (χ3n) is 5.30. The van der Waals surface area contributed by atoms with Gasteiger partial charge < -0.3 is 14.6 Å². The molecular weight excluding hydrogens is 514 g/mol. The molecular formula is C24H26BrN7O3. The summed E-state index contributed by atoms with van der Waals surface area (Å²) in [6.45, 7) is 5.46. The van der Waals surface area contributed by atoms with E-state index < -0.39 is 6.09 Å². The van der Waals surface area contributed by atoms with Crippen LogP contribution in [0, 0.1) is 6.92 Å². The van der Waals surface area contributed by atoms with Crippen LogP contribution in [0.15, 0.2) is 53.3 Å². The average molecular weight is 540 g/mol. The van der Waals surface area contributed by atoms with Crippen molar-refractivity contribution >= 4 is 44.9 Å². The van der Waals surface area contributed by atoms with Gasteiger partial charge in [0.1, 0.15) is 16.9 Å². The molecule has 0 saturated carbocycles. The number of ether oxygens (including phenoxy) is 1. The minimum atomic E-state index is -0.480. The lowest BCUT2D eigenvalue weighted by molar-refractivity contribution is 0.101. The maximum absolute atomic E-state index is 13.0. The van der Waals surface area contributed by atoms with Crippen molar-refractivity contribution in [2.75, 3.05) is 11.9 Å². The van der Waals surface area contributed by atoms with Gasteiger partial charge in [-0.05, 0) is 53.9 Å². The summed E-state index contributed by atoms with van der Waals surface area (Å²) in [6.07, 6.45) is 1.81. The van der Waals surface area contributed by atoms with Crippen LogP contribution in [0.4, 0.5) is 10.7 Å². The maximum Gasteiger partial charge on any atom is 0.407 e. The molecule has 3 aromatic heterocycles. The Balaban J connectivity index is 1.41. The molecule has 0 aliphatic heterocycles. The number of benzene rings is 1. The van der Waals surface area contributed by atoms with Crippen LogP contribution in [-0.2, 0) is 24.4 Å². The van der Waals surface area contributed by atoms with Gasteiger partial charge in [0.25, 0.3) is 5.91 Å². The predicted octanol–water partition coefficient (Wildman–Crippen LogP) is 4.29. The highest BCUT2D eigenvalue weighted by Gasteiger charge is 2.18. The fraction of sp³-hybridized carbons (Fsp3) is 0.292. The monoisotopic (exact) mass is 539 g/mol. The second-order valence-electron chi connectivity index (χ2n) is 7.87. The number of nitrogens with zero attached hydrogens (tertiary/aromatic N) is 5. The van der Waals surface area contributed by atoms with Gasteiger partial charge in [-0.2, -0.15) is 5.10 Å². The molecule has 0 unspecified atom stereocenters. The first-order valence-electron chi connectivity index (χ1n) is 11.3. The normalized spacial score (nSPS) is 10.9. The topological polar surface area (TPSA) is 116 Å². The molecule has 0 saturated heterocycles. The van der Waals surface area contributed by atoms with E-state index >= 15 is 0 Å². The number of hydrogen-bond donors (Lipinski definition) is 2. The molecule has 0 fully saturated rings. The van der Waals surface area contributed by atoms with Crippen LogP contribution in [0.2, 0.25) is 0 Å². The number of hydrogen-bond acceptors (Lipinski definition) is 6. The van der Waals surface area contributed by atoms with Gasteiger partial charge in [0.05, 0.1) is 22.9 Å². The minimum Gasteiger partial charge on any atom is -0.445 e. The second kappa shape index (κ2) is 11.1. The molecule has 0 spiro atoms. The number of rotatable bonds is 9. The summed E-state index contributed by atoms with van der Waals surface area (Å²) in [6, 6.07) is 13.0. The first-order valence-corrected chi connectivity index (χ1v) is 12.1. The minimum absolute atomic E-state index is 0.212. The van der Waals surface area contributed by atoms with Crippen molar-refractivity contribution in [2.45, 2.75) is 40.0 Å². The number of carbonyl (C=O) groups excluding carboxylic acids is 2. The Morgan fingerprint density at radius 2 is 1.97 bits per heavy atom. The number of pyridine rings is 1. The summed E-state index contributed by atoms with van der Waals surface area (Å²) in [5, 5.41) is 10.0. The highest BCUT2D eigenvalue weighted by atomic mass is 79.9. The number of amides is 2. The van der Waals surface area contributed by atoms with Crippen LogP contribution in [0.5, 0.6) is 0 Å². The smallest absolute Gasteiger partial charge is 0.407 e. The van der Waals surface area contributed by atoms with Gasteiger partial charge >= 0.3 is 6.09 Å². The molecule has 1 aromatic carbocycles. The second-order valence-corrected chi connectivity index (χ2v) is 8.68. The standard InChI is InChI=1S/C24H26BrN7O3/c1-3-32-19(12-16(2)30-32)22(33)29-23-28-18-13-21(25)27-14-20(18)31(23)11-7-10-26-24(34)35-15-17-8-5-4-6-9-17/h4-6,8-9,12-14H,3,7,10-11,15H2,1-2H3,(H,26,34)(H,28,29,33). The SMILES string of the molecule is CCn1nc(C)cc1C(=O)Nc1nc2cc(Br)ncc2n1CCCNC(=O)OCc1ccccc1. The lowest BCUT2D eigenvalue weighted by Gasteiger charge is -2.11. The Morgan fingerprint density at radius 3 is 2.74 bits per heavy atom. The van der Waals surface area contributed by atoms with Gasteiger partial charge in [0.2, 0.25) is 5.95 Å². The van der Waals surface area contributed by atoms with Crippen LogP contribution in [0.3, 0.4) is 0 Å². The number of halogens is 1. The van der Waals surface area contributed by atoms with E-state index in [1.54, 1.807) is 23.0 Å². The zero-order chi connectivity index (χ0) is 24.8. The third kappa shape index (κ3) is 6.04. The summed E-state index contributed by atoms with van der Waals surface area (Å²) in [5.41, 5.74) is 3.62. The number of aryl methyl sites for hydroxylation is 3. The van der Waals surface area contributed by atoms with E-state index in [1.807, 2.05) is 48.7 Å². The van der Waals surface area contributed by atoms with E-state index in [2.05, 4.69) is 41.6 Å². The van der Waals surface area contributed by atoms with Crippen LogP contribution < -0.4 is 10.6 Å². The van der Waals surface area contributed by atoms with Gasteiger partial charge in [-0.25, -0.2) is 14.8 Å². The lowest BCUT2D eigenvalue weighted by atomic mass is 10.2. The summed E-state index contributed by atoms with van der Waals surface area (Å²) in [7, 11) is 0. The summed E-state index contributed by atoms with van der Waals surface area (Å²) < 4.78 is 9.43. The average Bonchev–Trinajstić information content (AvgIpc) is 3.40. The van der Waals surface area contributed by atoms with E-state index in [4.69, 9.17) is 4.74 Å². The van der Waals surface area contributed by atoms with Crippen LogP contribution in [0.1, 0.15) is 35.1 Å². The zero-order valence-corrected chi connectivity index (χ0v) is 21.1. The van der Waals surface area contributed by atoms with E-state index in [0.29, 0.717) is 47.8 Å². The van der Waals surface area contributed by atoms with Crippen molar-refractivity contribution in [3.8, 4) is 0 Å². The molecule has 0 aliphatic carbocycles. The van der Waals surface area contributed by atoms with Crippen molar-refractivity contribution in [3.05, 3.63) is 70.2 Å². The molecule has 2 N–H and O–H groups in total. The quantitative estimate of drug-likeness (QED) is 0.242. The fourth-order valence-corrected chi connectivity index (χ4v) is 3.98. The molecule has 0 atom stereocenters. The fourth-order valence-electron chi connectivity index (χ4n) is 3.66. The highest BCUT2D eigenvalue weighted by Crippen LogP contribution is 2.22. The van der Waals surface area contributed by atoms with Crippen molar-refractivity contribution in [1.29, 1.82) is 0 Å². The van der Waals surface area contributed by atoms with Crippen molar-refractivity contribution in [1.82, 2.24) is 29.6 Å².